The van der Waals surface area contributed by atoms with Crippen LogP contribution in [0.5, 0.6) is 0 Å². The Hall–Kier alpha value is -1.99. The summed E-state index contributed by atoms with van der Waals surface area (Å²) < 4.78 is 29.3. The summed E-state index contributed by atoms with van der Waals surface area (Å²) in [5, 5.41) is 9.01. The number of alkyl halides is 2. The van der Waals surface area contributed by atoms with Gasteiger partial charge in [-0.05, 0) is 43.9 Å². The van der Waals surface area contributed by atoms with Crippen LogP contribution in [0.3, 0.4) is 0 Å². The Bertz CT molecular complexity index is 790. The number of carboxylic acids is 1. The van der Waals surface area contributed by atoms with Gasteiger partial charge in [-0.1, -0.05) is 0 Å². The highest BCUT2D eigenvalue weighted by Gasteiger charge is 2.57. The zero-order chi connectivity index (χ0) is 18.9. The molecule has 2 saturated heterocycles. The van der Waals surface area contributed by atoms with Gasteiger partial charge in [0.05, 0.1) is 0 Å². The number of aromatic nitrogens is 2. The molecule has 1 aromatic rings. The van der Waals surface area contributed by atoms with E-state index < -0.39 is 11.9 Å². The zero-order valence-corrected chi connectivity index (χ0v) is 15.4. The summed E-state index contributed by atoms with van der Waals surface area (Å²) in [5.41, 5.74) is 0.509. The fourth-order valence-electron chi connectivity index (χ4n) is 5.13. The van der Waals surface area contributed by atoms with Gasteiger partial charge in [-0.15, -0.1) is 0 Å². The van der Waals surface area contributed by atoms with Crippen LogP contribution in [-0.2, 0) is 17.1 Å². The largest absolute Gasteiger partial charge is 0.481 e. The second kappa shape index (κ2) is 5.75. The predicted molar refractivity (Wildman–Crippen MR) is 95.2 cm³/mol. The van der Waals surface area contributed by atoms with E-state index in [-0.39, 0.29) is 30.5 Å². The maximum atomic E-state index is 14.6. The Morgan fingerprint density at radius 1 is 1.30 bits per heavy atom. The molecule has 2 aliphatic heterocycles. The van der Waals surface area contributed by atoms with Gasteiger partial charge in [0.1, 0.15) is 11.5 Å². The number of fused-ring (bicyclic) bond motifs is 2. The van der Waals surface area contributed by atoms with Crippen molar-refractivity contribution < 1.29 is 18.7 Å². The Balaban J connectivity index is 1.47. The van der Waals surface area contributed by atoms with Crippen molar-refractivity contribution in [2.45, 2.75) is 51.0 Å². The molecule has 1 N–H and O–H groups in total. The third kappa shape index (κ3) is 2.67. The minimum Gasteiger partial charge on any atom is -0.481 e. The molecule has 3 fully saturated rings. The normalized spacial score (nSPS) is 33.3. The second-order valence-corrected chi connectivity index (χ2v) is 8.56. The van der Waals surface area contributed by atoms with Crippen LogP contribution in [0.25, 0.3) is 0 Å². The first kappa shape index (κ1) is 17.1. The topological polar surface area (TPSA) is 69.6 Å². The number of rotatable bonds is 4. The summed E-state index contributed by atoms with van der Waals surface area (Å²) in [4.78, 5) is 24.1. The van der Waals surface area contributed by atoms with Crippen LogP contribution in [0.4, 0.5) is 20.5 Å². The molecule has 0 bridgehead atoms. The number of piperidine rings is 1. The van der Waals surface area contributed by atoms with Gasteiger partial charge in [0.25, 0.3) is 5.92 Å². The number of anilines is 2. The van der Waals surface area contributed by atoms with Crippen LogP contribution >= 0.6 is 0 Å². The average molecular weight is 378 g/mol. The summed E-state index contributed by atoms with van der Waals surface area (Å²) in [6.45, 7) is 4.29. The molecule has 1 aromatic heterocycles. The molecular weight excluding hydrogens is 354 g/mol. The first-order valence-electron chi connectivity index (χ1n) is 9.88. The Morgan fingerprint density at radius 3 is 2.63 bits per heavy atom. The molecule has 0 spiro atoms. The first-order valence-corrected chi connectivity index (χ1v) is 9.88. The van der Waals surface area contributed by atoms with Crippen molar-refractivity contribution >= 4 is 17.7 Å². The number of nitrogens with zero attached hydrogens (tertiary/aromatic N) is 4. The Kier molecular flexibility index (Phi) is 3.65. The zero-order valence-electron chi connectivity index (χ0n) is 15.4. The highest BCUT2D eigenvalue weighted by molar-refractivity contribution is 5.68. The molecule has 6 nitrogen and oxygen atoms in total. The minimum atomic E-state index is -2.90. The molecule has 146 valence electrons. The number of hydrogen-bond donors (Lipinski definition) is 1. The monoisotopic (exact) mass is 378 g/mol. The third-order valence-corrected chi connectivity index (χ3v) is 6.90. The molecule has 3 heterocycles. The van der Waals surface area contributed by atoms with E-state index in [0.29, 0.717) is 55.1 Å². The number of hydrogen-bond acceptors (Lipinski definition) is 5. The van der Waals surface area contributed by atoms with Gasteiger partial charge in [-0.25, -0.2) is 4.98 Å². The van der Waals surface area contributed by atoms with Crippen molar-refractivity contribution in [3.63, 3.8) is 0 Å². The third-order valence-electron chi connectivity index (χ3n) is 6.90. The summed E-state index contributed by atoms with van der Waals surface area (Å²) in [7, 11) is 0. The SMILES string of the molecule is CC1CCN1c1nc(N2C[C@@H]3[C@@H](CC(=O)O)[C@@H]3C2)c2c(n1)C(F)(F)CCC2. The summed E-state index contributed by atoms with van der Waals surface area (Å²) in [5.74, 6) is -1.64. The highest BCUT2D eigenvalue weighted by Crippen LogP contribution is 2.55. The Morgan fingerprint density at radius 2 is 2.04 bits per heavy atom. The fourth-order valence-corrected chi connectivity index (χ4v) is 5.13. The molecule has 1 unspecified atom stereocenters. The van der Waals surface area contributed by atoms with E-state index >= 15 is 0 Å². The number of halogens is 2. The number of carbonyl (C=O) groups is 1. The fraction of sp³-hybridized carbons (Fsp3) is 0.737. The van der Waals surface area contributed by atoms with E-state index in [0.717, 1.165) is 13.0 Å². The molecule has 0 aromatic carbocycles. The standard InChI is InChI=1S/C19H24F2N4O2/c1-10-4-6-25(10)18-22-16-11(3-2-5-19(16,20)21)17(23-18)24-8-13-12(7-15(26)27)14(13)9-24/h10,12-14H,2-9H2,1H3,(H,26,27)/t10?,12-,13-,14+. The lowest BCUT2D eigenvalue weighted by atomic mass is 9.92. The molecule has 0 amide bonds. The molecule has 27 heavy (non-hydrogen) atoms. The first-order chi connectivity index (χ1) is 12.8. The van der Waals surface area contributed by atoms with E-state index in [9.17, 15) is 13.6 Å². The molecule has 5 rings (SSSR count). The summed E-state index contributed by atoms with van der Waals surface area (Å²) >= 11 is 0. The van der Waals surface area contributed by atoms with Gasteiger partial charge in [-0.3, -0.25) is 4.79 Å². The van der Waals surface area contributed by atoms with Crippen molar-refractivity contribution in [2.75, 3.05) is 29.4 Å². The quantitative estimate of drug-likeness (QED) is 0.869. The Labute approximate surface area is 156 Å². The van der Waals surface area contributed by atoms with Gasteiger partial charge in [-0.2, -0.15) is 13.8 Å². The van der Waals surface area contributed by atoms with Crippen LogP contribution < -0.4 is 9.80 Å². The van der Waals surface area contributed by atoms with Gasteiger partial charge >= 0.3 is 5.97 Å². The highest BCUT2D eigenvalue weighted by atomic mass is 19.3. The second-order valence-electron chi connectivity index (χ2n) is 8.56. The molecule has 2 aliphatic carbocycles. The summed E-state index contributed by atoms with van der Waals surface area (Å²) in [6.07, 6.45) is 2.10. The average Bonchev–Trinajstić information content (AvgIpc) is 3.03. The van der Waals surface area contributed by atoms with Crippen LogP contribution in [0.15, 0.2) is 0 Å². The van der Waals surface area contributed by atoms with Crippen LogP contribution in [0, 0.1) is 17.8 Å². The lowest BCUT2D eigenvalue weighted by molar-refractivity contribution is -0.137. The molecule has 4 aliphatic rings. The predicted octanol–water partition coefficient (Wildman–Crippen LogP) is 2.66. The molecule has 1 saturated carbocycles. The van der Waals surface area contributed by atoms with Crippen LogP contribution in [0.1, 0.15) is 43.9 Å². The molecule has 0 radical (unpaired) electrons. The van der Waals surface area contributed by atoms with Gasteiger partial charge in [0, 0.05) is 44.1 Å². The van der Waals surface area contributed by atoms with E-state index in [4.69, 9.17) is 10.1 Å². The summed E-state index contributed by atoms with van der Waals surface area (Å²) in [6, 6.07) is 0.278. The lowest BCUT2D eigenvalue weighted by Gasteiger charge is -2.40. The molecule has 4 atom stereocenters. The maximum Gasteiger partial charge on any atom is 0.303 e. The van der Waals surface area contributed by atoms with Crippen molar-refractivity contribution in [2.24, 2.45) is 17.8 Å². The van der Waals surface area contributed by atoms with Gasteiger partial charge < -0.3 is 14.9 Å². The van der Waals surface area contributed by atoms with Crippen LogP contribution in [0.2, 0.25) is 0 Å². The minimum absolute atomic E-state index is 0.0875. The van der Waals surface area contributed by atoms with E-state index in [1.54, 1.807) is 0 Å². The van der Waals surface area contributed by atoms with Crippen molar-refractivity contribution in [1.82, 2.24) is 9.97 Å². The van der Waals surface area contributed by atoms with Gasteiger partial charge in [0.2, 0.25) is 5.95 Å². The number of aliphatic carboxylic acids is 1. The smallest absolute Gasteiger partial charge is 0.303 e. The van der Waals surface area contributed by atoms with E-state index in [2.05, 4.69) is 16.8 Å². The molecular formula is C19H24F2N4O2. The van der Waals surface area contributed by atoms with Gasteiger partial charge in [0.15, 0.2) is 0 Å². The van der Waals surface area contributed by atoms with E-state index in [1.807, 2.05) is 4.90 Å². The van der Waals surface area contributed by atoms with Crippen molar-refractivity contribution in [3.05, 3.63) is 11.3 Å². The molecule has 8 heteroatoms. The van der Waals surface area contributed by atoms with Crippen molar-refractivity contribution in [3.8, 4) is 0 Å². The number of carboxylic acid groups (broad SMARTS) is 1. The lowest BCUT2D eigenvalue weighted by Crippen LogP contribution is -2.47. The maximum absolute atomic E-state index is 14.6. The van der Waals surface area contributed by atoms with Crippen molar-refractivity contribution in [1.29, 1.82) is 0 Å². The van der Waals surface area contributed by atoms with E-state index in [1.165, 1.54) is 0 Å². The van der Waals surface area contributed by atoms with Crippen LogP contribution in [-0.4, -0.2) is 46.7 Å².